The number of unbranched alkanes of at least 4 members (excludes halogenated alkanes) is 2. The minimum Gasteiger partial charge on any atom is -0.783 e. The second kappa shape index (κ2) is 4.74. The van der Waals surface area contributed by atoms with Gasteiger partial charge in [-0.2, -0.15) is 0 Å². The molecule has 1 rings (SSSR count). The van der Waals surface area contributed by atoms with Gasteiger partial charge < -0.3 is 15.6 Å². The Balaban J connectivity index is 1.95. The molecule has 2 atom stereocenters. The van der Waals surface area contributed by atoms with Crippen molar-refractivity contribution in [3.05, 3.63) is 5.21 Å². The molecule has 0 saturated carbocycles. The Morgan fingerprint density at radius 3 is 2.83 bits per heavy atom. The van der Waals surface area contributed by atoms with E-state index in [9.17, 15) is 9.60 Å². The first-order valence-corrected chi connectivity index (χ1v) is 4.57. The Labute approximate surface area is 72.5 Å². The van der Waals surface area contributed by atoms with Gasteiger partial charge in [-0.15, -0.1) is 0 Å². The van der Waals surface area contributed by atoms with Crippen LogP contribution in [0.2, 0.25) is 0 Å². The van der Waals surface area contributed by atoms with E-state index in [1.54, 1.807) is 0 Å². The fourth-order valence-corrected chi connectivity index (χ4v) is 1.27. The third-order valence-electron chi connectivity index (χ3n) is 2.17. The number of rotatable bonds is 5. The molecule has 72 valence electrons. The van der Waals surface area contributed by atoms with Crippen LogP contribution in [-0.2, 0) is 0 Å². The van der Waals surface area contributed by atoms with Gasteiger partial charge in [0.25, 0.3) is 0 Å². The minimum absolute atomic E-state index is 0.223. The highest BCUT2D eigenvalue weighted by Crippen LogP contribution is 2.17. The van der Waals surface area contributed by atoms with E-state index in [-0.39, 0.29) is 6.04 Å². The number of hydroxylamine groups is 2. The summed E-state index contributed by atoms with van der Waals surface area (Å²) >= 11 is 0. The molecule has 1 aliphatic heterocycles. The van der Waals surface area contributed by atoms with Crippen molar-refractivity contribution in [3.63, 3.8) is 0 Å². The molecule has 3 nitrogen and oxygen atoms in total. The third kappa shape index (κ3) is 2.40. The van der Waals surface area contributed by atoms with Crippen LogP contribution in [-0.4, -0.2) is 30.5 Å². The van der Waals surface area contributed by atoms with Gasteiger partial charge in [-0.25, -0.2) is 4.39 Å². The Bertz CT molecular complexity index is 134. The average Bonchev–Trinajstić information content (AvgIpc) is 2.10. The quantitative estimate of drug-likeness (QED) is 0.504. The van der Waals surface area contributed by atoms with Crippen LogP contribution in [0.5, 0.6) is 0 Å². The molecule has 0 aromatic heterocycles. The lowest BCUT2D eigenvalue weighted by Gasteiger charge is -2.48. The zero-order valence-corrected chi connectivity index (χ0v) is 7.42. The van der Waals surface area contributed by atoms with E-state index in [1.165, 1.54) is 6.42 Å². The van der Waals surface area contributed by atoms with Gasteiger partial charge in [-0.1, -0.05) is 19.8 Å². The van der Waals surface area contributed by atoms with Crippen LogP contribution in [0.4, 0.5) is 4.39 Å². The van der Waals surface area contributed by atoms with Gasteiger partial charge >= 0.3 is 0 Å². The van der Waals surface area contributed by atoms with Crippen molar-refractivity contribution in [1.82, 2.24) is 10.4 Å². The molecule has 12 heavy (non-hydrogen) atoms. The predicted molar refractivity (Wildman–Crippen MR) is 46.3 cm³/mol. The maximum absolute atomic E-state index is 12.6. The van der Waals surface area contributed by atoms with Crippen molar-refractivity contribution in [2.24, 2.45) is 0 Å². The molecule has 1 heterocycles. The Hall–Kier alpha value is -0.190. The van der Waals surface area contributed by atoms with Crippen molar-refractivity contribution < 1.29 is 4.39 Å². The maximum Gasteiger partial charge on any atom is 0.159 e. The lowest BCUT2D eigenvalue weighted by atomic mass is 10.1. The molecule has 0 amide bonds. The van der Waals surface area contributed by atoms with Crippen LogP contribution in [0.3, 0.4) is 0 Å². The fourth-order valence-electron chi connectivity index (χ4n) is 1.27. The molecule has 0 radical (unpaired) electrons. The van der Waals surface area contributed by atoms with Crippen molar-refractivity contribution in [1.29, 1.82) is 0 Å². The van der Waals surface area contributed by atoms with Gasteiger partial charge in [0.1, 0.15) is 0 Å². The first kappa shape index (κ1) is 9.89. The second-order valence-electron chi connectivity index (χ2n) is 3.24. The van der Waals surface area contributed by atoms with E-state index in [4.69, 9.17) is 0 Å². The average molecular weight is 175 g/mol. The summed E-state index contributed by atoms with van der Waals surface area (Å²) in [6, 6.07) is -0.223. The predicted octanol–water partition coefficient (Wildman–Crippen LogP) is 1.24. The van der Waals surface area contributed by atoms with Gasteiger partial charge in [0.2, 0.25) is 0 Å². The molecule has 2 unspecified atom stereocenters. The Morgan fingerprint density at radius 2 is 2.33 bits per heavy atom. The molecule has 1 N–H and O–H groups in total. The zero-order valence-electron chi connectivity index (χ0n) is 7.42. The SMILES string of the molecule is CCCCCNC1CN([O-])C1F. The summed E-state index contributed by atoms with van der Waals surface area (Å²) in [5.74, 6) is 0. The first-order valence-electron chi connectivity index (χ1n) is 4.57. The van der Waals surface area contributed by atoms with Gasteiger partial charge in [0.15, 0.2) is 6.30 Å². The van der Waals surface area contributed by atoms with E-state index in [2.05, 4.69) is 12.2 Å². The standard InChI is InChI=1S/C8H16FN2O/c1-2-3-4-5-10-7-6-11(12)8(7)9/h7-8,10H,2-6H2,1H3/q-1. The maximum atomic E-state index is 12.6. The van der Waals surface area contributed by atoms with Crippen LogP contribution >= 0.6 is 0 Å². The lowest BCUT2D eigenvalue weighted by molar-refractivity contribution is -0.00786. The van der Waals surface area contributed by atoms with Gasteiger partial charge in [0, 0.05) is 6.54 Å². The number of hydrogen-bond acceptors (Lipinski definition) is 3. The fraction of sp³-hybridized carbons (Fsp3) is 1.00. The van der Waals surface area contributed by atoms with E-state index in [1.807, 2.05) is 0 Å². The van der Waals surface area contributed by atoms with E-state index >= 15 is 0 Å². The first-order chi connectivity index (χ1) is 5.75. The van der Waals surface area contributed by atoms with Crippen LogP contribution in [0.25, 0.3) is 0 Å². The molecule has 1 fully saturated rings. The summed E-state index contributed by atoms with van der Waals surface area (Å²) in [6.07, 6.45) is 2.08. The summed E-state index contributed by atoms with van der Waals surface area (Å²) in [5, 5.41) is 13.9. The number of halogens is 1. The summed E-state index contributed by atoms with van der Waals surface area (Å²) < 4.78 is 12.6. The zero-order chi connectivity index (χ0) is 8.97. The number of nitrogens with zero attached hydrogens (tertiary/aromatic N) is 1. The van der Waals surface area contributed by atoms with Crippen LogP contribution in [0.15, 0.2) is 0 Å². The van der Waals surface area contributed by atoms with E-state index < -0.39 is 6.30 Å². The van der Waals surface area contributed by atoms with Crippen LogP contribution in [0.1, 0.15) is 26.2 Å². The van der Waals surface area contributed by atoms with Crippen molar-refractivity contribution in [3.8, 4) is 0 Å². The lowest BCUT2D eigenvalue weighted by Crippen LogP contribution is -2.61. The largest absolute Gasteiger partial charge is 0.783 e. The third-order valence-corrected chi connectivity index (χ3v) is 2.17. The molecule has 1 saturated heterocycles. The van der Waals surface area contributed by atoms with Gasteiger partial charge in [0.05, 0.1) is 6.04 Å². The summed E-state index contributed by atoms with van der Waals surface area (Å²) in [4.78, 5) is 0. The van der Waals surface area contributed by atoms with Crippen molar-refractivity contribution >= 4 is 0 Å². The van der Waals surface area contributed by atoms with E-state index in [0.29, 0.717) is 11.6 Å². The second-order valence-corrected chi connectivity index (χ2v) is 3.24. The Kier molecular flexibility index (Phi) is 3.91. The minimum atomic E-state index is -1.31. The molecule has 0 aromatic carbocycles. The molecule has 4 heteroatoms. The summed E-state index contributed by atoms with van der Waals surface area (Å²) in [5.41, 5.74) is 0. The normalized spacial score (nSPS) is 30.2. The smallest absolute Gasteiger partial charge is 0.159 e. The highest BCUT2D eigenvalue weighted by atomic mass is 19.1. The number of hydrogen-bond donors (Lipinski definition) is 1. The summed E-state index contributed by atoms with van der Waals surface area (Å²) in [7, 11) is 0. The highest BCUT2D eigenvalue weighted by molar-refractivity contribution is 4.90. The summed E-state index contributed by atoms with van der Waals surface area (Å²) in [6.45, 7) is 3.25. The number of alkyl halides is 1. The highest BCUT2D eigenvalue weighted by Gasteiger charge is 2.31. The molecule has 0 aliphatic carbocycles. The van der Waals surface area contributed by atoms with Gasteiger partial charge in [-0.05, 0) is 13.0 Å². The molecular formula is C8H16FN2O-. The van der Waals surface area contributed by atoms with Crippen molar-refractivity contribution in [2.75, 3.05) is 13.1 Å². The van der Waals surface area contributed by atoms with Crippen LogP contribution < -0.4 is 5.32 Å². The molecular weight excluding hydrogens is 159 g/mol. The van der Waals surface area contributed by atoms with Gasteiger partial charge in [-0.3, -0.25) is 0 Å². The monoisotopic (exact) mass is 175 g/mol. The number of nitrogens with one attached hydrogen (secondary N) is 1. The van der Waals surface area contributed by atoms with Crippen molar-refractivity contribution in [2.45, 2.75) is 38.5 Å². The molecule has 0 aromatic rings. The molecule has 0 bridgehead atoms. The van der Waals surface area contributed by atoms with E-state index in [0.717, 1.165) is 19.4 Å². The molecule has 1 aliphatic rings. The van der Waals surface area contributed by atoms with Crippen LogP contribution in [0, 0.1) is 5.21 Å². The Morgan fingerprint density at radius 1 is 1.58 bits per heavy atom. The molecule has 0 spiro atoms. The topological polar surface area (TPSA) is 38.3 Å².